The topological polar surface area (TPSA) is 59.4 Å². The number of aliphatic carboxylic acids is 1. The molecule has 19 heavy (non-hydrogen) atoms. The van der Waals surface area contributed by atoms with Crippen LogP contribution in [0.4, 0.5) is 0 Å². The van der Waals surface area contributed by atoms with Gasteiger partial charge in [-0.05, 0) is 32.9 Å². The molecule has 0 radical (unpaired) electrons. The quantitative estimate of drug-likeness (QED) is 0.924. The van der Waals surface area contributed by atoms with Gasteiger partial charge in [-0.3, -0.25) is 4.79 Å². The summed E-state index contributed by atoms with van der Waals surface area (Å²) >= 11 is 1.28. The summed E-state index contributed by atoms with van der Waals surface area (Å²) in [6, 6.07) is 7.64. The summed E-state index contributed by atoms with van der Waals surface area (Å²) < 4.78 is 5.64. The maximum absolute atomic E-state index is 11.0. The molecule has 1 aromatic heterocycles. The van der Waals surface area contributed by atoms with E-state index in [4.69, 9.17) is 9.84 Å². The molecular formula is C14H15NO3S. The highest BCUT2D eigenvalue weighted by molar-refractivity contribution is 7.13. The van der Waals surface area contributed by atoms with Gasteiger partial charge in [-0.1, -0.05) is 29.0 Å². The van der Waals surface area contributed by atoms with Crippen LogP contribution in [0.3, 0.4) is 0 Å². The lowest BCUT2D eigenvalue weighted by Crippen LogP contribution is -2.06. The average molecular weight is 277 g/mol. The molecule has 100 valence electrons. The molecule has 0 fully saturated rings. The third-order valence-corrected chi connectivity index (χ3v) is 4.02. The maximum Gasteiger partial charge on any atom is 0.311 e. The molecule has 2 aromatic rings. The molecular weight excluding hydrogens is 262 g/mol. The lowest BCUT2D eigenvalue weighted by atomic mass is 10.1. The van der Waals surface area contributed by atoms with Crippen molar-refractivity contribution in [3.8, 4) is 10.9 Å². The van der Waals surface area contributed by atoms with E-state index in [1.165, 1.54) is 11.3 Å². The molecule has 0 spiro atoms. The van der Waals surface area contributed by atoms with Crippen LogP contribution in [0.25, 0.3) is 0 Å². The molecule has 0 aliphatic rings. The van der Waals surface area contributed by atoms with Crippen LogP contribution in [0.1, 0.15) is 29.0 Å². The Hall–Kier alpha value is -1.88. The Morgan fingerprint density at radius 3 is 2.53 bits per heavy atom. The van der Waals surface area contributed by atoms with E-state index in [-0.39, 0.29) is 0 Å². The van der Waals surface area contributed by atoms with Crippen molar-refractivity contribution in [1.29, 1.82) is 0 Å². The summed E-state index contributed by atoms with van der Waals surface area (Å²) in [5.41, 5.74) is 1.87. The van der Waals surface area contributed by atoms with E-state index in [0.717, 1.165) is 10.4 Å². The van der Waals surface area contributed by atoms with Crippen LogP contribution >= 0.6 is 11.3 Å². The first-order valence-electron chi connectivity index (χ1n) is 5.92. The molecule has 0 saturated carbocycles. The molecule has 0 saturated heterocycles. The molecule has 1 unspecified atom stereocenters. The summed E-state index contributed by atoms with van der Waals surface area (Å²) in [5, 5.41) is 9.50. The van der Waals surface area contributed by atoms with Gasteiger partial charge in [0.2, 0.25) is 0 Å². The number of aryl methyl sites for hydroxylation is 2. The number of nitrogens with zero attached hydrogens (tertiary/aromatic N) is 1. The van der Waals surface area contributed by atoms with Crippen molar-refractivity contribution in [1.82, 2.24) is 4.98 Å². The monoisotopic (exact) mass is 277 g/mol. The first-order valence-corrected chi connectivity index (χ1v) is 6.73. The fourth-order valence-electron chi connectivity index (χ4n) is 1.65. The van der Waals surface area contributed by atoms with E-state index < -0.39 is 11.9 Å². The SMILES string of the molecule is Cc1ccc(Oc2nc(C)c(C(C)C(=O)O)s2)cc1. The number of thiazole rings is 1. The zero-order valence-electron chi connectivity index (χ0n) is 11.0. The third-order valence-electron chi connectivity index (χ3n) is 2.80. The van der Waals surface area contributed by atoms with Gasteiger partial charge in [0.05, 0.1) is 11.6 Å². The third kappa shape index (κ3) is 3.12. The van der Waals surface area contributed by atoms with Crippen molar-refractivity contribution in [2.45, 2.75) is 26.7 Å². The molecule has 1 aromatic carbocycles. The van der Waals surface area contributed by atoms with E-state index in [0.29, 0.717) is 16.6 Å². The zero-order valence-corrected chi connectivity index (χ0v) is 11.8. The Kier molecular flexibility index (Phi) is 3.85. The van der Waals surface area contributed by atoms with Gasteiger partial charge in [0.15, 0.2) is 0 Å². The van der Waals surface area contributed by atoms with Crippen molar-refractivity contribution < 1.29 is 14.6 Å². The number of carbonyl (C=O) groups is 1. The van der Waals surface area contributed by atoms with Crippen molar-refractivity contribution >= 4 is 17.3 Å². The number of hydrogen-bond acceptors (Lipinski definition) is 4. The Labute approximate surface area is 115 Å². The molecule has 1 atom stereocenters. The predicted molar refractivity (Wildman–Crippen MR) is 74.2 cm³/mol. The highest BCUT2D eigenvalue weighted by atomic mass is 32.1. The Morgan fingerprint density at radius 1 is 1.32 bits per heavy atom. The Bertz CT molecular complexity index is 589. The van der Waals surface area contributed by atoms with E-state index in [1.54, 1.807) is 13.8 Å². The van der Waals surface area contributed by atoms with Crippen molar-refractivity contribution in [2.24, 2.45) is 0 Å². The molecule has 2 rings (SSSR count). The van der Waals surface area contributed by atoms with E-state index in [1.807, 2.05) is 31.2 Å². The molecule has 1 heterocycles. The lowest BCUT2D eigenvalue weighted by molar-refractivity contribution is -0.138. The number of rotatable bonds is 4. The van der Waals surface area contributed by atoms with E-state index in [9.17, 15) is 4.79 Å². The molecule has 1 N–H and O–H groups in total. The van der Waals surface area contributed by atoms with Crippen LogP contribution in [-0.4, -0.2) is 16.1 Å². The summed E-state index contributed by atoms with van der Waals surface area (Å²) in [4.78, 5) is 16.0. The number of hydrogen-bond donors (Lipinski definition) is 1. The van der Waals surface area contributed by atoms with Crippen LogP contribution in [0.15, 0.2) is 24.3 Å². The van der Waals surface area contributed by atoms with Crippen LogP contribution in [0.5, 0.6) is 10.9 Å². The molecule has 0 aliphatic heterocycles. The second-order valence-electron chi connectivity index (χ2n) is 4.40. The Balaban J connectivity index is 2.20. The maximum atomic E-state index is 11.0. The van der Waals surface area contributed by atoms with Crippen LogP contribution in [0.2, 0.25) is 0 Å². The zero-order chi connectivity index (χ0) is 14.0. The minimum absolute atomic E-state index is 0.476. The first-order chi connectivity index (χ1) is 8.97. The summed E-state index contributed by atoms with van der Waals surface area (Å²) in [7, 11) is 0. The number of ether oxygens (including phenoxy) is 1. The lowest BCUT2D eigenvalue weighted by Gasteiger charge is -2.02. The average Bonchev–Trinajstić information content (AvgIpc) is 2.72. The van der Waals surface area contributed by atoms with Gasteiger partial charge in [-0.15, -0.1) is 0 Å². The first kappa shape index (κ1) is 13.5. The van der Waals surface area contributed by atoms with E-state index >= 15 is 0 Å². The number of carboxylic acids is 1. The van der Waals surface area contributed by atoms with Gasteiger partial charge in [-0.25, -0.2) is 4.98 Å². The molecule has 0 aliphatic carbocycles. The van der Waals surface area contributed by atoms with Crippen LogP contribution < -0.4 is 4.74 Å². The van der Waals surface area contributed by atoms with Gasteiger partial charge in [-0.2, -0.15) is 0 Å². The largest absolute Gasteiger partial charge is 0.481 e. The van der Waals surface area contributed by atoms with Gasteiger partial charge >= 0.3 is 5.97 Å². The van der Waals surface area contributed by atoms with Crippen molar-refractivity contribution in [3.63, 3.8) is 0 Å². The molecule has 4 nitrogen and oxygen atoms in total. The standard InChI is InChI=1S/C14H15NO3S/c1-8-4-6-11(7-5-8)18-14-15-10(3)12(19-14)9(2)13(16)17/h4-7,9H,1-3H3,(H,16,17). The highest BCUT2D eigenvalue weighted by Crippen LogP contribution is 2.33. The summed E-state index contributed by atoms with van der Waals surface area (Å²) in [5.74, 6) is -0.713. The highest BCUT2D eigenvalue weighted by Gasteiger charge is 2.21. The number of carboxylic acid groups (broad SMARTS) is 1. The number of benzene rings is 1. The Morgan fingerprint density at radius 2 is 1.95 bits per heavy atom. The van der Waals surface area contributed by atoms with Crippen LogP contribution in [-0.2, 0) is 4.79 Å². The van der Waals surface area contributed by atoms with Gasteiger partial charge in [0.25, 0.3) is 5.19 Å². The molecule has 0 amide bonds. The summed E-state index contributed by atoms with van der Waals surface area (Å²) in [6.45, 7) is 5.45. The van der Waals surface area contributed by atoms with Crippen LogP contribution in [0, 0.1) is 13.8 Å². The molecule has 0 bridgehead atoms. The molecule has 5 heteroatoms. The van der Waals surface area contributed by atoms with Gasteiger partial charge in [0.1, 0.15) is 5.75 Å². The van der Waals surface area contributed by atoms with Gasteiger partial charge < -0.3 is 9.84 Å². The predicted octanol–water partition coefficient (Wildman–Crippen LogP) is 3.74. The summed E-state index contributed by atoms with van der Waals surface area (Å²) in [6.07, 6.45) is 0. The van der Waals surface area contributed by atoms with Gasteiger partial charge in [0, 0.05) is 4.88 Å². The van der Waals surface area contributed by atoms with E-state index in [2.05, 4.69) is 4.98 Å². The second kappa shape index (κ2) is 5.40. The normalized spacial score (nSPS) is 12.2. The smallest absolute Gasteiger partial charge is 0.311 e. The van der Waals surface area contributed by atoms with Crippen molar-refractivity contribution in [3.05, 3.63) is 40.4 Å². The minimum Gasteiger partial charge on any atom is -0.481 e. The second-order valence-corrected chi connectivity index (χ2v) is 5.40. The van der Waals surface area contributed by atoms with Crippen molar-refractivity contribution in [2.75, 3.05) is 0 Å². The number of aromatic nitrogens is 1. The minimum atomic E-state index is -0.853. The fourth-order valence-corrected chi connectivity index (χ4v) is 2.63. The fraction of sp³-hybridized carbons (Fsp3) is 0.286.